The molecule has 2 rings (SSSR count). The smallest absolute Gasteiger partial charge is 0.120 e. The minimum absolute atomic E-state index is 0.803. The fourth-order valence-electron chi connectivity index (χ4n) is 1.60. The second kappa shape index (κ2) is 5.51. The molecule has 0 aromatic carbocycles. The van der Waals surface area contributed by atoms with E-state index in [9.17, 15) is 0 Å². The van der Waals surface area contributed by atoms with Crippen molar-refractivity contribution >= 4 is 0 Å². The van der Waals surface area contributed by atoms with Gasteiger partial charge in [0.05, 0.1) is 12.8 Å². The number of rotatable bonds is 6. The zero-order valence-electron chi connectivity index (χ0n) is 9.49. The second-order valence-electron chi connectivity index (χ2n) is 3.84. The summed E-state index contributed by atoms with van der Waals surface area (Å²) in [5.41, 5.74) is 1.21. The van der Waals surface area contributed by atoms with E-state index >= 15 is 0 Å². The Hall–Kier alpha value is -1.55. The van der Waals surface area contributed by atoms with Gasteiger partial charge in [0.25, 0.3) is 0 Å². The Kier molecular flexibility index (Phi) is 3.77. The maximum Gasteiger partial charge on any atom is 0.120 e. The minimum atomic E-state index is 0.803. The fourth-order valence-corrected chi connectivity index (χ4v) is 1.60. The van der Waals surface area contributed by atoms with Crippen LogP contribution in [0.15, 0.2) is 29.1 Å². The van der Waals surface area contributed by atoms with Crippen molar-refractivity contribution in [2.75, 3.05) is 6.54 Å². The molecule has 0 fully saturated rings. The molecule has 0 aliphatic heterocycles. The van der Waals surface area contributed by atoms with Crippen LogP contribution in [-0.4, -0.2) is 16.5 Å². The van der Waals surface area contributed by atoms with Crippen molar-refractivity contribution in [1.82, 2.24) is 15.3 Å². The molecule has 0 aliphatic carbocycles. The molecule has 2 heterocycles. The number of nitrogens with one attached hydrogen (secondary N) is 2. The molecule has 16 heavy (non-hydrogen) atoms. The van der Waals surface area contributed by atoms with E-state index in [4.69, 9.17) is 4.42 Å². The number of aryl methyl sites for hydroxylation is 2. The van der Waals surface area contributed by atoms with Gasteiger partial charge < -0.3 is 14.7 Å². The number of hydrogen-bond donors (Lipinski definition) is 2. The van der Waals surface area contributed by atoms with E-state index in [-0.39, 0.29) is 0 Å². The molecule has 0 atom stereocenters. The van der Waals surface area contributed by atoms with Crippen molar-refractivity contribution in [3.63, 3.8) is 0 Å². The second-order valence-corrected chi connectivity index (χ2v) is 3.84. The molecular weight excluding hydrogens is 202 g/mol. The highest BCUT2D eigenvalue weighted by Gasteiger charge is 2.00. The van der Waals surface area contributed by atoms with Gasteiger partial charge in [0.1, 0.15) is 11.6 Å². The van der Waals surface area contributed by atoms with Crippen LogP contribution < -0.4 is 5.32 Å². The Bertz CT molecular complexity index is 406. The average molecular weight is 219 g/mol. The molecular formula is C12H17N3O. The van der Waals surface area contributed by atoms with E-state index in [1.807, 2.05) is 12.3 Å². The van der Waals surface area contributed by atoms with Gasteiger partial charge in [-0.3, -0.25) is 0 Å². The summed E-state index contributed by atoms with van der Waals surface area (Å²) in [7, 11) is 0. The lowest BCUT2D eigenvalue weighted by atomic mass is 10.2. The molecule has 4 nitrogen and oxygen atoms in total. The molecule has 4 heteroatoms. The quantitative estimate of drug-likeness (QED) is 0.731. The molecule has 0 unspecified atom stereocenters. The van der Waals surface area contributed by atoms with E-state index in [2.05, 4.69) is 22.2 Å². The molecule has 86 valence electrons. The van der Waals surface area contributed by atoms with Gasteiger partial charge in [-0.1, -0.05) is 0 Å². The van der Waals surface area contributed by atoms with Crippen LogP contribution in [0.3, 0.4) is 0 Å². The predicted octanol–water partition coefficient (Wildman–Crippen LogP) is 2.03. The number of hydrogen-bond acceptors (Lipinski definition) is 3. The van der Waals surface area contributed by atoms with E-state index in [0.717, 1.165) is 37.5 Å². The highest BCUT2D eigenvalue weighted by molar-refractivity contribution is 5.13. The molecule has 0 aliphatic rings. The largest absolute Gasteiger partial charge is 0.468 e. The van der Waals surface area contributed by atoms with Crippen LogP contribution in [0.5, 0.6) is 0 Å². The Morgan fingerprint density at radius 1 is 1.50 bits per heavy atom. The summed E-state index contributed by atoms with van der Waals surface area (Å²) in [6, 6.07) is 1.99. The number of nitrogens with zero attached hydrogens (tertiary/aromatic N) is 1. The van der Waals surface area contributed by atoms with Crippen molar-refractivity contribution in [2.45, 2.75) is 26.3 Å². The van der Waals surface area contributed by atoms with Crippen molar-refractivity contribution in [2.24, 2.45) is 0 Å². The topological polar surface area (TPSA) is 53.9 Å². The van der Waals surface area contributed by atoms with E-state index < -0.39 is 0 Å². The number of furan rings is 1. The summed E-state index contributed by atoms with van der Waals surface area (Å²) < 4.78 is 5.34. The first-order chi connectivity index (χ1) is 7.86. The third kappa shape index (κ3) is 2.97. The lowest BCUT2D eigenvalue weighted by Crippen LogP contribution is -2.15. The first kappa shape index (κ1) is 11.0. The summed E-state index contributed by atoms with van der Waals surface area (Å²) in [5, 5.41) is 3.36. The predicted molar refractivity (Wildman–Crippen MR) is 62.1 cm³/mol. The zero-order chi connectivity index (χ0) is 11.2. The van der Waals surface area contributed by atoms with Gasteiger partial charge in [0.15, 0.2) is 0 Å². The lowest BCUT2D eigenvalue weighted by molar-refractivity contribution is 0.478. The number of imidazole rings is 1. The van der Waals surface area contributed by atoms with Crippen molar-refractivity contribution in [3.8, 4) is 0 Å². The van der Waals surface area contributed by atoms with E-state index in [1.165, 1.54) is 5.56 Å². The SMILES string of the molecule is Cc1ccoc1CNCCCc1ncc[nH]1. The number of aromatic amines is 1. The van der Waals surface area contributed by atoms with Gasteiger partial charge >= 0.3 is 0 Å². The summed E-state index contributed by atoms with van der Waals surface area (Å²) >= 11 is 0. The highest BCUT2D eigenvalue weighted by atomic mass is 16.3. The van der Waals surface area contributed by atoms with Crippen LogP contribution in [0.2, 0.25) is 0 Å². The van der Waals surface area contributed by atoms with Crippen LogP contribution in [0.1, 0.15) is 23.6 Å². The Balaban J connectivity index is 1.61. The highest BCUT2D eigenvalue weighted by Crippen LogP contribution is 2.07. The molecule has 0 bridgehead atoms. The molecule has 2 aromatic heterocycles. The van der Waals surface area contributed by atoms with Crippen LogP contribution >= 0.6 is 0 Å². The zero-order valence-corrected chi connectivity index (χ0v) is 9.49. The van der Waals surface area contributed by atoms with E-state index in [1.54, 1.807) is 12.5 Å². The standard InChI is InChI=1S/C12H17N3O/c1-10-4-8-16-11(10)9-13-5-2-3-12-14-6-7-15-12/h4,6-8,13H,2-3,5,9H2,1H3,(H,14,15). The molecule has 0 saturated heterocycles. The van der Waals surface area contributed by atoms with Crippen molar-refractivity contribution in [3.05, 3.63) is 41.9 Å². The van der Waals surface area contributed by atoms with Gasteiger partial charge in [0.2, 0.25) is 0 Å². The summed E-state index contributed by atoms with van der Waals surface area (Å²) in [4.78, 5) is 7.27. The van der Waals surface area contributed by atoms with Crippen LogP contribution in [0, 0.1) is 6.92 Å². The van der Waals surface area contributed by atoms with Crippen LogP contribution in [-0.2, 0) is 13.0 Å². The Morgan fingerprint density at radius 3 is 3.12 bits per heavy atom. The lowest BCUT2D eigenvalue weighted by Gasteiger charge is -2.02. The van der Waals surface area contributed by atoms with Crippen LogP contribution in [0.4, 0.5) is 0 Å². The van der Waals surface area contributed by atoms with E-state index in [0.29, 0.717) is 0 Å². The first-order valence-electron chi connectivity index (χ1n) is 5.58. The molecule has 0 amide bonds. The average Bonchev–Trinajstić information content (AvgIpc) is 2.90. The molecule has 0 radical (unpaired) electrons. The van der Waals surface area contributed by atoms with Crippen molar-refractivity contribution < 1.29 is 4.42 Å². The van der Waals surface area contributed by atoms with Gasteiger partial charge in [-0.15, -0.1) is 0 Å². The normalized spacial score (nSPS) is 10.8. The number of H-pyrrole nitrogens is 1. The van der Waals surface area contributed by atoms with Crippen molar-refractivity contribution in [1.29, 1.82) is 0 Å². The van der Waals surface area contributed by atoms with Gasteiger partial charge in [-0.25, -0.2) is 4.98 Å². The Morgan fingerprint density at radius 2 is 2.44 bits per heavy atom. The third-order valence-electron chi connectivity index (χ3n) is 2.58. The molecule has 0 saturated carbocycles. The van der Waals surface area contributed by atoms with Gasteiger partial charge in [-0.2, -0.15) is 0 Å². The van der Waals surface area contributed by atoms with Gasteiger partial charge in [-0.05, 0) is 31.5 Å². The fraction of sp³-hybridized carbons (Fsp3) is 0.417. The maximum absolute atomic E-state index is 5.34. The molecule has 2 N–H and O–H groups in total. The maximum atomic E-state index is 5.34. The molecule has 0 spiro atoms. The van der Waals surface area contributed by atoms with Gasteiger partial charge in [0, 0.05) is 18.8 Å². The summed E-state index contributed by atoms with van der Waals surface area (Å²) in [5.74, 6) is 2.08. The third-order valence-corrected chi connectivity index (χ3v) is 2.58. The first-order valence-corrected chi connectivity index (χ1v) is 5.58. The molecule has 2 aromatic rings. The number of aromatic nitrogens is 2. The summed E-state index contributed by atoms with van der Waals surface area (Å²) in [6.45, 7) is 3.83. The van der Waals surface area contributed by atoms with Crippen LogP contribution in [0.25, 0.3) is 0 Å². The minimum Gasteiger partial charge on any atom is -0.468 e. The monoisotopic (exact) mass is 219 g/mol. The Labute approximate surface area is 95.1 Å². The summed E-state index contributed by atoms with van der Waals surface area (Å²) in [6.07, 6.45) is 7.43.